The molecule has 0 unspecified atom stereocenters. The van der Waals surface area contributed by atoms with Gasteiger partial charge >= 0.3 is 0 Å². The Kier molecular flexibility index (Phi) is 2.90. The fourth-order valence-corrected chi connectivity index (χ4v) is 0.955. The molecule has 0 saturated carbocycles. The van der Waals surface area contributed by atoms with Crippen molar-refractivity contribution >= 4 is 12.4 Å². The van der Waals surface area contributed by atoms with E-state index in [2.05, 4.69) is 0 Å². The van der Waals surface area contributed by atoms with E-state index in [4.69, 9.17) is 0 Å². The first kappa shape index (κ1) is 9.58. The summed E-state index contributed by atoms with van der Waals surface area (Å²) in [5.41, 5.74) is 0.770. The molecule has 0 aromatic heterocycles. The fourth-order valence-electron chi connectivity index (χ4n) is 0.955. The predicted molar refractivity (Wildman–Crippen MR) is 46.1 cm³/mol. The zero-order valence-electron chi connectivity index (χ0n) is 7.05. The summed E-state index contributed by atoms with van der Waals surface area (Å²) in [4.78, 5) is 10.2. The Hall–Kier alpha value is -1.51. The van der Waals surface area contributed by atoms with Gasteiger partial charge in [0.15, 0.2) is 0 Å². The van der Waals surface area contributed by atoms with E-state index in [0.29, 0.717) is 17.4 Å². The van der Waals surface area contributed by atoms with Crippen LogP contribution in [0.4, 0.5) is 8.78 Å². The van der Waals surface area contributed by atoms with E-state index in [1.165, 1.54) is 6.08 Å². The van der Waals surface area contributed by atoms with Gasteiger partial charge in [-0.2, -0.15) is 0 Å². The Labute approximate surface area is 74.7 Å². The summed E-state index contributed by atoms with van der Waals surface area (Å²) in [7, 11) is 0. The minimum Gasteiger partial charge on any atom is -0.298 e. The summed E-state index contributed by atoms with van der Waals surface area (Å²) in [6, 6.07) is 3.11. The van der Waals surface area contributed by atoms with Crippen molar-refractivity contribution in [2.75, 3.05) is 0 Å². The van der Waals surface area contributed by atoms with Gasteiger partial charge in [0.05, 0.1) is 0 Å². The highest BCUT2D eigenvalue weighted by Crippen LogP contribution is 2.10. The number of carbonyl (C=O) groups is 1. The van der Waals surface area contributed by atoms with Crippen LogP contribution in [0, 0.1) is 11.6 Å². The molecule has 0 bridgehead atoms. The fraction of sp³-hybridized carbons (Fsp3) is 0.100. The van der Waals surface area contributed by atoms with Crippen LogP contribution in [0.25, 0.3) is 6.08 Å². The van der Waals surface area contributed by atoms with Crippen LogP contribution in [0.1, 0.15) is 12.5 Å². The minimum atomic E-state index is -0.648. The molecule has 0 aliphatic carbocycles. The lowest BCUT2D eigenvalue weighted by Gasteiger charge is -1.95. The van der Waals surface area contributed by atoms with Crippen molar-refractivity contribution in [1.82, 2.24) is 0 Å². The largest absolute Gasteiger partial charge is 0.298 e. The summed E-state index contributed by atoms with van der Waals surface area (Å²) in [5.74, 6) is -1.30. The molecule has 0 N–H and O–H groups in total. The summed E-state index contributed by atoms with van der Waals surface area (Å²) < 4.78 is 25.2. The predicted octanol–water partition coefficient (Wildman–Crippen LogP) is 2.57. The molecule has 0 heterocycles. The van der Waals surface area contributed by atoms with Crippen LogP contribution in [0.5, 0.6) is 0 Å². The highest BCUT2D eigenvalue weighted by atomic mass is 19.1. The van der Waals surface area contributed by atoms with E-state index >= 15 is 0 Å². The molecule has 68 valence electrons. The quantitative estimate of drug-likeness (QED) is 0.507. The second-order valence-electron chi connectivity index (χ2n) is 2.71. The Balaban J connectivity index is 3.08. The Bertz CT molecular complexity index is 336. The van der Waals surface area contributed by atoms with Gasteiger partial charge in [-0.25, -0.2) is 8.78 Å². The van der Waals surface area contributed by atoms with Crippen LogP contribution < -0.4 is 0 Å². The molecule has 0 aliphatic heterocycles. The Morgan fingerprint density at radius 2 is 1.77 bits per heavy atom. The molecule has 0 saturated heterocycles. The van der Waals surface area contributed by atoms with Crippen LogP contribution in [-0.4, -0.2) is 6.29 Å². The third-order valence-electron chi connectivity index (χ3n) is 1.47. The van der Waals surface area contributed by atoms with Gasteiger partial charge in [-0.1, -0.05) is 0 Å². The molecule has 1 rings (SSSR count). The lowest BCUT2D eigenvalue weighted by atomic mass is 10.1. The monoisotopic (exact) mass is 182 g/mol. The standard InChI is InChI=1S/C10H8F2O/c1-7(6-13)2-8-3-9(11)5-10(12)4-8/h2-6H,1H3/b7-2+. The molecule has 0 fully saturated rings. The lowest BCUT2D eigenvalue weighted by Crippen LogP contribution is -1.83. The summed E-state index contributed by atoms with van der Waals surface area (Å²) in [6.45, 7) is 1.57. The average Bonchev–Trinajstić information content (AvgIpc) is 2.02. The van der Waals surface area contributed by atoms with Gasteiger partial charge in [-0.05, 0) is 36.3 Å². The summed E-state index contributed by atoms with van der Waals surface area (Å²) >= 11 is 0. The molecule has 0 spiro atoms. The zero-order chi connectivity index (χ0) is 9.84. The minimum absolute atomic E-state index is 0.349. The van der Waals surface area contributed by atoms with E-state index in [9.17, 15) is 13.6 Å². The number of halogens is 2. The third kappa shape index (κ3) is 2.78. The molecule has 0 atom stereocenters. The molecule has 13 heavy (non-hydrogen) atoms. The van der Waals surface area contributed by atoms with Crippen molar-refractivity contribution in [3.63, 3.8) is 0 Å². The van der Waals surface area contributed by atoms with Crippen LogP contribution in [0.2, 0.25) is 0 Å². The molecule has 1 aromatic rings. The smallest absolute Gasteiger partial charge is 0.145 e. The van der Waals surface area contributed by atoms with Crippen molar-refractivity contribution in [3.8, 4) is 0 Å². The topological polar surface area (TPSA) is 17.1 Å². The first-order chi connectivity index (χ1) is 6.11. The number of benzene rings is 1. The van der Waals surface area contributed by atoms with Gasteiger partial charge in [0.25, 0.3) is 0 Å². The second kappa shape index (κ2) is 3.94. The van der Waals surface area contributed by atoms with Crippen LogP contribution in [0.15, 0.2) is 23.8 Å². The number of rotatable bonds is 2. The van der Waals surface area contributed by atoms with Gasteiger partial charge < -0.3 is 0 Å². The third-order valence-corrected chi connectivity index (χ3v) is 1.47. The van der Waals surface area contributed by atoms with Gasteiger partial charge in [0.2, 0.25) is 0 Å². The normalized spacial score (nSPS) is 11.5. The molecule has 1 nitrogen and oxygen atoms in total. The van der Waals surface area contributed by atoms with Crippen molar-refractivity contribution in [2.24, 2.45) is 0 Å². The van der Waals surface area contributed by atoms with Crippen molar-refractivity contribution in [1.29, 1.82) is 0 Å². The SMILES string of the molecule is C/C(C=O)=C\c1cc(F)cc(F)c1. The Morgan fingerprint density at radius 3 is 2.23 bits per heavy atom. The number of aldehydes is 1. The maximum Gasteiger partial charge on any atom is 0.145 e. The molecule has 3 heteroatoms. The van der Waals surface area contributed by atoms with E-state index < -0.39 is 11.6 Å². The molecule has 0 amide bonds. The average molecular weight is 182 g/mol. The van der Waals surface area contributed by atoms with Crippen LogP contribution in [0.3, 0.4) is 0 Å². The maximum absolute atomic E-state index is 12.6. The van der Waals surface area contributed by atoms with Gasteiger partial charge in [-0.15, -0.1) is 0 Å². The first-order valence-corrected chi connectivity index (χ1v) is 3.71. The van der Waals surface area contributed by atoms with Gasteiger partial charge in [0, 0.05) is 6.07 Å². The van der Waals surface area contributed by atoms with E-state index in [0.717, 1.165) is 18.2 Å². The molecule has 0 radical (unpaired) electrons. The van der Waals surface area contributed by atoms with E-state index in [-0.39, 0.29) is 0 Å². The van der Waals surface area contributed by atoms with Crippen LogP contribution >= 0.6 is 0 Å². The number of allylic oxidation sites excluding steroid dienone is 1. The Morgan fingerprint density at radius 1 is 1.23 bits per heavy atom. The summed E-state index contributed by atoms with van der Waals surface area (Å²) in [6.07, 6.45) is 2.04. The number of hydrogen-bond donors (Lipinski definition) is 0. The van der Waals surface area contributed by atoms with E-state index in [1.807, 2.05) is 0 Å². The highest BCUT2D eigenvalue weighted by Gasteiger charge is 1.98. The van der Waals surface area contributed by atoms with Gasteiger partial charge in [0.1, 0.15) is 17.9 Å². The highest BCUT2D eigenvalue weighted by molar-refractivity contribution is 5.80. The van der Waals surface area contributed by atoms with Crippen molar-refractivity contribution < 1.29 is 13.6 Å². The summed E-state index contributed by atoms with van der Waals surface area (Å²) in [5, 5.41) is 0. The zero-order valence-corrected chi connectivity index (χ0v) is 7.05. The second-order valence-corrected chi connectivity index (χ2v) is 2.71. The number of hydrogen-bond acceptors (Lipinski definition) is 1. The first-order valence-electron chi connectivity index (χ1n) is 3.71. The van der Waals surface area contributed by atoms with Gasteiger partial charge in [-0.3, -0.25) is 4.79 Å². The van der Waals surface area contributed by atoms with Crippen molar-refractivity contribution in [3.05, 3.63) is 41.0 Å². The number of carbonyl (C=O) groups excluding carboxylic acids is 1. The molecule has 1 aromatic carbocycles. The molecule has 0 aliphatic rings. The molecular weight excluding hydrogens is 174 g/mol. The van der Waals surface area contributed by atoms with E-state index in [1.54, 1.807) is 6.92 Å². The molecular formula is C10H8F2O. The van der Waals surface area contributed by atoms with Crippen LogP contribution in [-0.2, 0) is 4.79 Å². The maximum atomic E-state index is 12.6. The lowest BCUT2D eigenvalue weighted by molar-refractivity contribution is -0.104. The van der Waals surface area contributed by atoms with Crippen molar-refractivity contribution in [2.45, 2.75) is 6.92 Å².